The Hall–Kier alpha value is -0.980. The van der Waals surface area contributed by atoms with E-state index in [2.05, 4.69) is 32.6 Å². The summed E-state index contributed by atoms with van der Waals surface area (Å²) in [6.45, 7) is 23.0. The highest BCUT2D eigenvalue weighted by Crippen LogP contribution is 2.21. The Morgan fingerprint density at radius 2 is 0.694 bits per heavy atom. The van der Waals surface area contributed by atoms with Crippen LogP contribution in [0.2, 0.25) is 0 Å². The molecule has 0 aromatic carbocycles. The van der Waals surface area contributed by atoms with Gasteiger partial charge >= 0.3 is 5.97 Å². The number of esters is 1. The minimum atomic E-state index is 0.0837. The first kappa shape index (κ1) is 67.6. The van der Waals surface area contributed by atoms with Gasteiger partial charge in [-0.05, 0) is 83.8 Å². The molecule has 2 atom stereocenters. The molecule has 0 heterocycles. The van der Waals surface area contributed by atoms with E-state index in [0.29, 0.717) is 12.5 Å². The number of unbranched alkanes of at least 4 members (excludes halogenated alkanes) is 25. The lowest BCUT2D eigenvalue weighted by Crippen LogP contribution is -2.27. The predicted molar refractivity (Wildman–Crippen MR) is 276 cm³/mol. The van der Waals surface area contributed by atoms with E-state index in [-0.39, 0.29) is 11.9 Å². The van der Waals surface area contributed by atoms with Crippen LogP contribution in [-0.2, 0) is 23.8 Å². The molecule has 0 aliphatic heterocycles. The Morgan fingerprint density at radius 3 is 1.08 bits per heavy atom. The molecule has 0 aliphatic carbocycles. The van der Waals surface area contributed by atoms with Crippen LogP contribution in [0.5, 0.6) is 0 Å². The van der Waals surface area contributed by atoms with E-state index in [1.165, 1.54) is 219 Å². The van der Waals surface area contributed by atoms with Gasteiger partial charge in [0.2, 0.25) is 0 Å². The largest absolute Gasteiger partial charge is 0.465 e. The van der Waals surface area contributed by atoms with E-state index >= 15 is 0 Å². The Balaban J connectivity index is -0.000000665. The third-order valence-corrected chi connectivity index (χ3v) is 12.0. The zero-order chi connectivity index (χ0) is 46.8. The molecule has 0 radical (unpaired) electrons. The number of carbonyl (C=O) groups is 2. The molecule has 0 aromatic heterocycles. The topological polar surface area (TPSA) is 65.1 Å². The summed E-state index contributed by atoms with van der Waals surface area (Å²) in [7, 11) is 3.59. The monoisotopic (exact) mass is 884 g/mol. The van der Waals surface area contributed by atoms with Crippen LogP contribution in [0.1, 0.15) is 287 Å². The Morgan fingerprint density at radius 1 is 0.403 bits per heavy atom. The van der Waals surface area contributed by atoms with Gasteiger partial charge in [0, 0.05) is 33.4 Å². The fourth-order valence-electron chi connectivity index (χ4n) is 7.96. The van der Waals surface area contributed by atoms with Crippen molar-refractivity contribution in [3.63, 3.8) is 0 Å². The summed E-state index contributed by atoms with van der Waals surface area (Å²) in [4.78, 5) is 26.5. The van der Waals surface area contributed by atoms with Crippen molar-refractivity contribution in [3.05, 3.63) is 0 Å². The lowest BCUT2D eigenvalue weighted by molar-refractivity contribution is -0.149. The molecule has 2 unspecified atom stereocenters. The standard InChI is InChI=1S/C36H73NO4.C16H32O.2C2H6/c1-5-7-9-11-14-20-28-35(27-19-13-10-8-6-2)36(38)41-34-25-17-12-15-21-29-37(31-23-26-33-40-4)30-22-16-18-24-32-39-3;1-3-5-7-9-10-12-14-16(15-17)13-11-8-6-4-2;2*1-2/h35H,5-34H2,1-4H3;15-16H,3-14H2,1-2H3;2*1-2H3. The van der Waals surface area contributed by atoms with Crippen molar-refractivity contribution in [2.75, 3.05) is 53.7 Å². The third kappa shape index (κ3) is 57.0. The van der Waals surface area contributed by atoms with Crippen LogP contribution >= 0.6 is 0 Å². The molecule has 6 heteroatoms. The van der Waals surface area contributed by atoms with Gasteiger partial charge < -0.3 is 23.9 Å². The number of carbonyl (C=O) groups excluding carboxylic acids is 2. The molecule has 0 bridgehead atoms. The van der Waals surface area contributed by atoms with Crippen molar-refractivity contribution >= 4 is 12.3 Å². The number of nitrogens with zero attached hydrogens (tertiary/aromatic N) is 1. The Labute approximate surface area is 391 Å². The van der Waals surface area contributed by atoms with Crippen LogP contribution in [0.4, 0.5) is 0 Å². The predicted octanol–water partition coefficient (Wildman–Crippen LogP) is 17.7. The number of ether oxygens (including phenoxy) is 3. The maximum absolute atomic E-state index is 12.9. The van der Waals surface area contributed by atoms with E-state index < -0.39 is 0 Å². The van der Waals surface area contributed by atoms with E-state index in [1.807, 2.05) is 27.7 Å². The summed E-state index contributed by atoms with van der Waals surface area (Å²) in [6.07, 6.45) is 46.0. The number of aldehydes is 1. The Bertz CT molecular complexity index is 779. The van der Waals surface area contributed by atoms with Crippen LogP contribution in [0, 0.1) is 11.8 Å². The third-order valence-electron chi connectivity index (χ3n) is 12.0. The molecule has 0 rings (SSSR count). The van der Waals surface area contributed by atoms with E-state index in [4.69, 9.17) is 14.2 Å². The summed E-state index contributed by atoms with van der Waals surface area (Å²) >= 11 is 0. The van der Waals surface area contributed by atoms with Gasteiger partial charge in [-0.1, -0.05) is 222 Å². The van der Waals surface area contributed by atoms with Crippen LogP contribution in [0.25, 0.3) is 0 Å². The fourth-order valence-corrected chi connectivity index (χ4v) is 7.96. The van der Waals surface area contributed by atoms with Crippen LogP contribution in [-0.4, -0.2) is 70.8 Å². The first-order chi connectivity index (χ1) is 30.5. The van der Waals surface area contributed by atoms with Crippen LogP contribution in [0.15, 0.2) is 0 Å². The minimum absolute atomic E-state index is 0.0837. The molecule has 376 valence electrons. The zero-order valence-electron chi connectivity index (χ0n) is 44.4. The summed E-state index contributed by atoms with van der Waals surface area (Å²) in [5, 5.41) is 0. The quantitative estimate of drug-likeness (QED) is 0.0345. The molecule has 0 spiro atoms. The average Bonchev–Trinajstić information content (AvgIpc) is 3.30. The van der Waals surface area contributed by atoms with E-state index in [9.17, 15) is 9.59 Å². The number of hydrogen-bond donors (Lipinski definition) is 0. The molecule has 0 amide bonds. The zero-order valence-corrected chi connectivity index (χ0v) is 44.4. The summed E-state index contributed by atoms with van der Waals surface area (Å²) in [6, 6.07) is 0. The highest BCUT2D eigenvalue weighted by atomic mass is 16.5. The van der Waals surface area contributed by atoms with Gasteiger partial charge in [-0.15, -0.1) is 0 Å². The first-order valence-corrected chi connectivity index (χ1v) is 27.9. The fraction of sp³-hybridized carbons (Fsp3) is 0.964. The van der Waals surface area contributed by atoms with Crippen molar-refractivity contribution < 1.29 is 23.8 Å². The van der Waals surface area contributed by atoms with Crippen molar-refractivity contribution in [2.45, 2.75) is 287 Å². The second kappa shape index (κ2) is 64.3. The van der Waals surface area contributed by atoms with Crippen molar-refractivity contribution in [1.82, 2.24) is 4.90 Å². The van der Waals surface area contributed by atoms with Crippen LogP contribution in [0.3, 0.4) is 0 Å². The number of hydrogen-bond acceptors (Lipinski definition) is 6. The maximum Gasteiger partial charge on any atom is 0.308 e. The molecule has 62 heavy (non-hydrogen) atoms. The molecule has 0 saturated heterocycles. The SMILES string of the molecule is CC.CC.CCCCCCCCC(C=O)CCCCCC.CCCCCCCCC(CCCCCCC)C(=O)OCCCCCCCN(CCCCCCOC)CCCCOC. The molecule has 6 nitrogen and oxygen atoms in total. The first-order valence-electron chi connectivity index (χ1n) is 27.9. The second-order valence-corrected chi connectivity index (χ2v) is 17.6. The minimum Gasteiger partial charge on any atom is -0.465 e. The van der Waals surface area contributed by atoms with Gasteiger partial charge in [0.25, 0.3) is 0 Å². The van der Waals surface area contributed by atoms with E-state index in [1.54, 1.807) is 14.2 Å². The summed E-state index contributed by atoms with van der Waals surface area (Å²) in [5.74, 6) is 0.552. The van der Waals surface area contributed by atoms with E-state index in [0.717, 1.165) is 51.7 Å². The molecule has 0 saturated carbocycles. The van der Waals surface area contributed by atoms with Gasteiger partial charge in [-0.3, -0.25) is 4.79 Å². The highest BCUT2D eigenvalue weighted by molar-refractivity contribution is 5.72. The molecule has 0 N–H and O–H groups in total. The van der Waals surface area contributed by atoms with Crippen LogP contribution < -0.4 is 0 Å². The van der Waals surface area contributed by atoms with Crippen molar-refractivity contribution in [1.29, 1.82) is 0 Å². The van der Waals surface area contributed by atoms with Gasteiger partial charge in [-0.2, -0.15) is 0 Å². The summed E-state index contributed by atoms with van der Waals surface area (Å²) < 4.78 is 16.2. The molecule has 0 aromatic rings. The molecular formula is C56H117NO5. The second-order valence-electron chi connectivity index (χ2n) is 17.6. The van der Waals surface area contributed by atoms with Gasteiger partial charge in [0.15, 0.2) is 0 Å². The average molecular weight is 885 g/mol. The molecule has 0 aliphatic rings. The van der Waals surface area contributed by atoms with Gasteiger partial charge in [-0.25, -0.2) is 0 Å². The molecular weight excluding hydrogens is 767 g/mol. The highest BCUT2D eigenvalue weighted by Gasteiger charge is 2.19. The Kier molecular flexibility index (Phi) is 70.1. The normalized spacial score (nSPS) is 11.8. The smallest absolute Gasteiger partial charge is 0.308 e. The lowest BCUT2D eigenvalue weighted by Gasteiger charge is -2.22. The number of rotatable bonds is 47. The van der Waals surface area contributed by atoms with Gasteiger partial charge in [0.05, 0.1) is 12.5 Å². The maximum atomic E-state index is 12.9. The lowest BCUT2D eigenvalue weighted by atomic mass is 9.94. The number of methoxy groups -OCH3 is 2. The summed E-state index contributed by atoms with van der Waals surface area (Å²) in [5.41, 5.74) is 0. The van der Waals surface area contributed by atoms with Gasteiger partial charge in [0.1, 0.15) is 6.29 Å². The van der Waals surface area contributed by atoms with Crippen molar-refractivity contribution in [2.24, 2.45) is 11.8 Å². The van der Waals surface area contributed by atoms with Crippen molar-refractivity contribution in [3.8, 4) is 0 Å². The molecule has 0 fully saturated rings.